The fourth-order valence-electron chi connectivity index (χ4n) is 2.46. The van der Waals surface area contributed by atoms with Gasteiger partial charge in [0.25, 0.3) is 0 Å². The molecular weight excluding hydrogens is 226 g/mol. The fourth-order valence-corrected chi connectivity index (χ4v) is 2.46. The summed E-state index contributed by atoms with van der Waals surface area (Å²) in [5, 5.41) is 9.07. The number of hydrogen-bond acceptors (Lipinski definition) is 3. The topological polar surface area (TPSA) is 40.5 Å². The molecule has 1 aromatic rings. The van der Waals surface area contributed by atoms with Crippen molar-refractivity contribution in [3.63, 3.8) is 0 Å². The zero-order chi connectivity index (χ0) is 12.8. The number of likely N-dealkylation sites (tertiary alicyclic amines) is 1. The van der Waals surface area contributed by atoms with Gasteiger partial charge in [-0.2, -0.15) is 0 Å². The van der Waals surface area contributed by atoms with Gasteiger partial charge in [-0.25, -0.2) is 0 Å². The Bertz CT molecular complexity index is 369. The minimum Gasteiger partial charge on any atom is -0.396 e. The van der Waals surface area contributed by atoms with Crippen molar-refractivity contribution in [2.75, 3.05) is 26.2 Å². The summed E-state index contributed by atoms with van der Waals surface area (Å²) < 4.78 is 0. The summed E-state index contributed by atoms with van der Waals surface area (Å²) >= 11 is 0. The molecular formula is C15H21NO2. The predicted molar refractivity (Wildman–Crippen MR) is 71.4 cm³/mol. The van der Waals surface area contributed by atoms with Gasteiger partial charge < -0.3 is 5.11 Å². The molecule has 1 aliphatic heterocycles. The van der Waals surface area contributed by atoms with Gasteiger partial charge in [0.1, 0.15) is 0 Å². The molecule has 0 aliphatic carbocycles. The second-order valence-electron chi connectivity index (χ2n) is 5.10. The minimum atomic E-state index is 0.281. The summed E-state index contributed by atoms with van der Waals surface area (Å²) in [6.07, 6.45) is 2.55. The molecule has 3 nitrogen and oxygen atoms in total. The van der Waals surface area contributed by atoms with E-state index in [9.17, 15) is 4.79 Å². The van der Waals surface area contributed by atoms with E-state index in [1.54, 1.807) is 0 Å². The van der Waals surface area contributed by atoms with Gasteiger partial charge in [0.05, 0.1) is 6.54 Å². The molecule has 0 aromatic heterocycles. The molecule has 1 aliphatic rings. The van der Waals surface area contributed by atoms with Gasteiger partial charge in [0.2, 0.25) is 0 Å². The van der Waals surface area contributed by atoms with Crippen LogP contribution in [0.4, 0.5) is 0 Å². The molecule has 1 saturated heterocycles. The van der Waals surface area contributed by atoms with Crippen LogP contribution in [0.15, 0.2) is 30.3 Å². The average molecular weight is 247 g/mol. The van der Waals surface area contributed by atoms with Crippen LogP contribution in [0.1, 0.15) is 18.4 Å². The monoisotopic (exact) mass is 247 g/mol. The number of hydrogen-bond donors (Lipinski definition) is 1. The Labute approximate surface area is 108 Å². The molecule has 2 rings (SSSR count). The Balaban J connectivity index is 1.75. The van der Waals surface area contributed by atoms with Gasteiger partial charge in [-0.05, 0) is 37.4 Å². The highest BCUT2D eigenvalue weighted by Gasteiger charge is 2.19. The number of nitrogens with zero attached hydrogens (tertiary/aromatic N) is 1. The van der Waals surface area contributed by atoms with Gasteiger partial charge in [0, 0.05) is 13.0 Å². The molecule has 1 fully saturated rings. The second kappa shape index (κ2) is 6.66. The normalized spacial score (nSPS) is 17.8. The summed E-state index contributed by atoms with van der Waals surface area (Å²) in [5.41, 5.74) is 1.09. The molecule has 0 saturated carbocycles. The molecule has 0 bridgehead atoms. The summed E-state index contributed by atoms with van der Waals surface area (Å²) in [6.45, 7) is 2.70. The lowest BCUT2D eigenvalue weighted by atomic mass is 9.97. The number of rotatable bonds is 5. The van der Waals surface area contributed by atoms with Crippen LogP contribution in [0.25, 0.3) is 0 Å². The van der Waals surface area contributed by atoms with Crippen LogP contribution in [-0.2, 0) is 11.2 Å². The molecule has 0 spiro atoms. The molecule has 1 heterocycles. The van der Waals surface area contributed by atoms with Crippen LogP contribution in [0, 0.1) is 5.92 Å². The third-order valence-electron chi connectivity index (χ3n) is 3.61. The number of carbonyl (C=O) groups is 1. The first-order valence-electron chi connectivity index (χ1n) is 6.67. The van der Waals surface area contributed by atoms with Gasteiger partial charge in [-0.3, -0.25) is 9.69 Å². The van der Waals surface area contributed by atoms with Crippen LogP contribution in [0.2, 0.25) is 0 Å². The van der Waals surface area contributed by atoms with Crippen LogP contribution in [-0.4, -0.2) is 42.0 Å². The number of aliphatic hydroxyl groups excluding tert-OH is 1. The maximum Gasteiger partial charge on any atom is 0.151 e. The van der Waals surface area contributed by atoms with E-state index < -0.39 is 0 Å². The highest BCUT2D eigenvalue weighted by molar-refractivity contribution is 5.82. The number of aliphatic hydroxyl groups is 1. The highest BCUT2D eigenvalue weighted by Crippen LogP contribution is 2.16. The smallest absolute Gasteiger partial charge is 0.151 e. The maximum absolute atomic E-state index is 11.9. The summed E-state index contributed by atoms with van der Waals surface area (Å²) in [6, 6.07) is 9.89. The first-order chi connectivity index (χ1) is 8.78. The van der Waals surface area contributed by atoms with E-state index in [-0.39, 0.29) is 12.4 Å². The molecule has 1 aromatic carbocycles. The predicted octanol–water partition coefficient (Wildman–Crippen LogP) is 1.50. The highest BCUT2D eigenvalue weighted by atomic mass is 16.3. The second-order valence-corrected chi connectivity index (χ2v) is 5.10. The van der Waals surface area contributed by atoms with Gasteiger partial charge in [-0.15, -0.1) is 0 Å². The number of benzene rings is 1. The fraction of sp³-hybridized carbons (Fsp3) is 0.533. The molecule has 1 N–H and O–H groups in total. The Hall–Kier alpha value is -1.19. The number of ketones is 1. The molecule has 0 amide bonds. The number of piperidine rings is 1. The molecule has 3 heteroatoms. The van der Waals surface area contributed by atoms with E-state index >= 15 is 0 Å². The van der Waals surface area contributed by atoms with Crippen molar-refractivity contribution >= 4 is 5.78 Å². The zero-order valence-electron chi connectivity index (χ0n) is 10.7. The molecule has 0 radical (unpaired) electrons. The Morgan fingerprint density at radius 1 is 1.22 bits per heavy atom. The van der Waals surface area contributed by atoms with Gasteiger partial charge in [-0.1, -0.05) is 30.3 Å². The summed E-state index contributed by atoms with van der Waals surface area (Å²) in [5.74, 6) is 0.717. The van der Waals surface area contributed by atoms with Crippen LogP contribution < -0.4 is 0 Å². The third kappa shape index (κ3) is 3.93. The van der Waals surface area contributed by atoms with Crippen LogP contribution in [0.3, 0.4) is 0 Å². The van der Waals surface area contributed by atoms with Gasteiger partial charge in [0.15, 0.2) is 5.78 Å². The van der Waals surface area contributed by atoms with Gasteiger partial charge >= 0.3 is 0 Å². The lowest BCUT2D eigenvalue weighted by Crippen LogP contribution is -2.38. The van der Waals surface area contributed by atoms with Crippen LogP contribution >= 0.6 is 0 Å². The maximum atomic E-state index is 11.9. The van der Waals surface area contributed by atoms with E-state index in [4.69, 9.17) is 5.11 Å². The first-order valence-corrected chi connectivity index (χ1v) is 6.67. The quantitative estimate of drug-likeness (QED) is 0.857. The van der Waals surface area contributed by atoms with E-state index in [1.165, 1.54) is 0 Å². The average Bonchev–Trinajstić information content (AvgIpc) is 2.40. The Kier molecular flexibility index (Phi) is 4.90. The van der Waals surface area contributed by atoms with Crippen LogP contribution in [0.5, 0.6) is 0 Å². The molecule has 98 valence electrons. The van der Waals surface area contributed by atoms with Crippen molar-refractivity contribution in [3.05, 3.63) is 35.9 Å². The van der Waals surface area contributed by atoms with E-state index in [0.29, 0.717) is 18.9 Å². The molecule has 0 atom stereocenters. The lowest BCUT2D eigenvalue weighted by molar-refractivity contribution is -0.119. The Morgan fingerprint density at radius 2 is 1.89 bits per heavy atom. The third-order valence-corrected chi connectivity index (χ3v) is 3.61. The van der Waals surface area contributed by atoms with E-state index in [2.05, 4.69) is 4.90 Å². The van der Waals surface area contributed by atoms with E-state index in [1.807, 2.05) is 30.3 Å². The van der Waals surface area contributed by atoms with Crippen molar-refractivity contribution in [2.45, 2.75) is 19.3 Å². The van der Waals surface area contributed by atoms with E-state index in [0.717, 1.165) is 31.5 Å². The molecule has 0 unspecified atom stereocenters. The number of carbonyl (C=O) groups excluding carboxylic acids is 1. The Morgan fingerprint density at radius 3 is 2.50 bits per heavy atom. The largest absolute Gasteiger partial charge is 0.396 e. The van der Waals surface area contributed by atoms with Crippen molar-refractivity contribution in [1.29, 1.82) is 0 Å². The first kappa shape index (κ1) is 13.2. The summed E-state index contributed by atoms with van der Waals surface area (Å²) in [7, 11) is 0. The standard InChI is InChI=1S/C15H21NO2/c17-12-14-6-8-16(9-7-14)11-15(18)10-13-4-2-1-3-5-13/h1-5,14,17H,6-12H2. The van der Waals surface area contributed by atoms with Crippen molar-refractivity contribution in [2.24, 2.45) is 5.92 Å². The van der Waals surface area contributed by atoms with Crippen molar-refractivity contribution < 1.29 is 9.90 Å². The molecule has 18 heavy (non-hydrogen) atoms. The SMILES string of the molecule is O=C(Cc1ccccc1)CN1CCC(CO)CC1. The number of Topliss-reactive ketones (excluding diaryl/α,β-unsaturated/α-hetero) is 1. The zero-order valence-corrected chi connectivity index (χ0v) is 10.7. The minimum absolute atomic E-state index is 0.281. The summed E-state index contributed by atoms with van der Waals surface area (Å²) in [4.78, 5) is 14.1. The lowest BCUT2D eigenvalue weighted by Gasteiger charge is -2.30. The van der Waals surface area contributed by atoms with Crippen molar-refractivity contribution in [1.82, 2.24) is 4.90 Å². The van der Waals surface area contributed by atoms with Crippen molar-refractivity contribution in [3.8, 4) is 0 Å².